The monoisotopic (exact) mass is 326 g/mol. The van der Waals surface area contributed by atoms with Gasteiger partial charge in [-0.15, -0.1) is 0 Å². The standard InChI is InChI=1S/C20H26N2O2/c1-14-11-12-21-18-15(14)8-7-9-16(18)17-10-5-6-13-22(17)19(23)24-20(2,3)4/h7-9,11-12,17H,5-6,10,13H2,1-4H3. The molecule has 2 aromatic rings. The maximum atomic E-state index is 12.7. The van der Waals surface area contributed by atoms with Crippen molar-refractivity contribution in [3.63, 3.8) is 0 Å². The van der Waals surface area contributed by atoms with Crippen LogP contribution in [0.5, 0.6) is 0 Å². The summed E-state index contributed by atoms with van der Waals surface area (Å²) in [6.45, 7) is 8.56. The summed E-state index contributed by atoms with van der Waals surface area (Å²) in [5.41, 5.74) is 2.85. The maximum absolute atomic E-state index is 12.7. The second-order valence-electron chi connectivity index (χ2n) is 7.56. The van der Waals surface area contributed by atoms with Crippen LogP contribution in [0.15, 0.2) is 30.5 Å². The van der Waals surface area contributed by atoms with E-state index in [9.17, 15) is 4.79 Å². The number of pyridine rings is 1. The molecule has 0 bridgehead atoms. The van der Waals surface area contributed by atoms with Gasteiger partial charge in [0.1, 0.15) is 5.60 Å². The highest BCUT2D eigenvalue weighted by atomic mass is 16.6. The van der Waals surface area contributed by atoms with Crippen molar-refractivity contribution in [2.45, 2.75) is 58.6 Å². The van der Waals surface area contributed by atoms with E-state index in [0.29, 0.717) is 0 Å². The molecule has 1 unspecified atom stereocenters. The lowest BCUT2D eigenvalue weighted by Gasteiger charge is -2.37. The maximum Gasteiger partial charge on any atom is 0.410 e. The van der Waals surface area contributed by atoms with E-state index in [-0.39, 0.29) is 12.1 Å². The van der Waals surface area contributed by atoms with E-state index in [1.807, 2.05) is 37.9 Å². The summed E-state index contributed by atoms with van der Waals surface area (Å²) >= 11 is 0. The van der Waals surface area contributed by atoms with Crippen LogP contribution in [-0.2, 0) is 4.74 Å². The lowest BCUT2D eigenvalue weighted by atomic mass is 9.93. The summed E-state index contributed by atoms with van der Waals surface area (Å²) in [6, 6.07) is 8.32. The molecule has 0 aliphatic carbocycles. The number of nitrogens with zero attached hydrogens (tertiary/aromatic N) is 2. The molecule has 4 heteroatoms. The molecule has 1 fully saturated rings. The predicted octanol–water partition coefficient (Wildman–Crippen LogP) is 5.01. The van der Waals surface area contributed by atoms with Crippen molar-refractivity contribution in [3.8, 4) is 0 Å². The lowest BCUT2D eigenvalue weighted by molar-refractivity contribution is 0.00967. The van der Waals surface area contributed by atoms with Crippen LogP contribution >= 0.6 is 0 Å². The number of piperidine rings is 1. The third-order valence-corrected chi connectivity index (χ3v) is 4.51. The molecule has 0 saturated carbocycles. The topological polar surface area (TPSA) is 42.4 Å². The first-order valence-electron chi connectivity index (χ1n) is 8.71. The first-order chi connectivity index (χ1) is 11.4. The van der Waals surface area contributed by atoms with Crippen molar-refractivity contribution in [2.24, 2.45) is 0 Å². The van der Waals surface area contributed by atoms with E-state index >= 15 is 0 Å². The Morgan fingerprint density at radius 3 is 2.79 bits per heavy atom. The highest BCUT2D eigenvalue weighted by molar-refractivity contribution is 5.85. The number of benzene rings is 1. The summed E-state index contributed by atoms with van der Waals surface area (Å²) in [7, 11) is 0. The number of amides is 1. The van der Waals surface area contributed by atoms with Gasteiger partial charge in [-0.1, -0.05) is 18.2 Å². The predicted molar refractivity (Wildman–Crippen MR) is 96.0 cm³/mol. The van der Waals surface area contributed by atoms with E-state index in [1.165, 1.54) is 5.56 Å². The number of carbonyl (C=O) groups excluding carboxylic acids is 1. The Kier molecular flexibility index (Phi) is 4.48. The number of aromatic nitrogens is 1. The van der Waals surface area contributed by atoms with Gasteiger partial charge in [-0.3, -0.25) is 4.98 Å². The Bertz CT molecular complexity index is 749. The molecule has 0 radical (unpaired) electrons. The molecule has 1 amide bonds. The lowest BCUT2D eigenvalue weighted by Crippen LogP contribution is -2.42. The minimum atomic E-state index is -0.479. The van der Waals surface area contributed by atoms with Gasteiger partial charge < -0.3 is 9.64 Å². The molecule has 1 aromatic heterocycles. The first-order valence-corrected chi connectivity index (χ1v) is 8.71. The van der Waals surface area contributed by atoms with Crippen molar-refractivity contribution in [1.29, 1.82) is 0 Å². The summed E-state index contributed by atoms with van der Waals surface area (Å²) in [4.78, 5) is 19.2. The van der Waals surface area contributed by atoms with Crippen LogP contribution in [0.25, 0.3) is 10.9 Å². The van der Waals surface area contributed by atoms with Crippen molar-refractivity contribution in [1.82, 2.24) is 9.88 Å². The fraction of sp³-hybridized carbons (Fsp3) is 0.500. The van der Waals surface area contributed by atoms with E-state index in [4.69, 9.17) is 4.74 Å². The number of likely N-dealkylation sites (tertiary alicyclic amines) is 1. The Morgan fingerprint density at radius 2 is 2.04 bits per heavy atom. The highest BCUT2D eigenvalue weighted by Crippen LogP contribution is 2.35. The fourth-order valence-corrected chi connectivity index (χ4v) is 3.40. The SMILES string of the molecule is Cc1ccnc2c(C3CCCCN3C(=O)OC(C)(C)C)cccc12. The number of aryl methyl sites for hydroxylation is 1. The number of para-hydroxylation sites is 1. The average Bonchev–Trinajstić information content (AvgIpc) is 2.53. The van der Waals surface area contributed by atoms with Crippen molar-refractivity contribution >= 4 is 17.0 Å². The van der Waals surface area contributed by atoms with Gasteiger partial charge in [-0.2, -0.15) is 0 Å². The minimum absolute atomic E-state index is 0.0339. The molecule has 4 nitrogen and oxygen atoms in total. The quantitative estimate of drug-likeness (QED) is 0.740. The molecule has 1 saturated heterocycles. The van der Waals surface area contributed by atoms with E-state index in [2.05, 4.69) is 30.1 Å². The van der Waals surface area contributed by atoms with Crippen LogP contribution < -0.4 is 0 Å². The number of rotatable bonds is 1. The molecule has 0 N–H and O–H groups in total. The molecule has 0 spiro atoms. The molecule has 2 heterocycles. The number of hydrogen-bond acceptors (Lipinski definition) is 3. The Labute approximate surface area is 143 Å². The molecule has 3 rings (SSSR count). The van der Waals surface area contributed by atoms with Crippen LogP contribution in [0.1, 0.15) is 57.2 Å². The third kappa shape index (κ3) is 3.37. The van der Waals surface area contributed by atoms with Crippen molar-refractivity contribution < 1.29 is 9.53 Å². The molecule has 1 aliphatic heterocycles. The van der Waals surface area contributed by atoms with Crippen LogP contribution in [-0.4, -0.2) is 28.1 Å². The van der Waals surface area contributed by atoms with Gasteiger partial charge in [-0.25, -0.2) is 4.79 Å². The Balaban J connectivity index is 2.00. The normalized spacial score (nSPS) is 18.7. The van der Waals surface area contributed by atoms with E-state index in [1.54, 1.807) is 0 Å². The summed E-state index contributed by atoms with van der Waals surface area (Å²) in [5, 5.41) is 1.16. The largest absolute Gasteiger partial charge is 0.444 e. The van der Waals surface area contributed by atoms with Gasteiger partial charge in [0.05, 0.1) is 11.6 Å². The zero-order valence-electron chi connectivity index (χ0n) is 15.0. The van der Waals surface area contributed by atoms with Gasteiger partial charge in [0.25, 0.3) is 0 Å². The highest BCUT2D eigenvalue weighted by Gasteiger charge is 2.32. The second-order valence-corrected chi connectivity index (χ2v) is 7.56. The van der Waals surface area contributed by atoms with Crippen LogP contribution in [0.4, 0.5) is 4.79 Å². The number of fused-ring (bicyclic) bond motifs is 1. The third-order valence-electron chi connectivity index (χ3n) is 4.51. The van der Waals surface area contributed by atoms with Gasteiger partial charge in [-0.05, 0) is 58.6 Å². The zero-order valence-corrected chi connectivity index (χ0v) is 15.0. The molecular formula is C20H26N2O2. The zero-order chi connectivity index (χ0) is 17.3. The summed E-state index contributed by atoms with van der Waals surface area (Å²) < 4.78 is 5.63. The van der Waals surface area contributed by atoms with Crippen LogP contribution in [0.2, 0.25) is 0 Å². The van der Waals surface area contributed by atoms with Crippen molar-refractivity contribution in [3.05, 3.63) is 41.6 Å². The molecule has 1 aromatic carbocycles. The van der Waals surface area contributed by atoms with Gasteiger partial charge >= 0.3 is 6.09 Å². The second kappa shape index (κ2) is 6.42. The fourth-order valence-electron chi connectivity index (χ4n) is 3.40. The number of ether oxygens (including phenoxy) is 1. The van der Waals surface area contributed by atoms with Crippen LogP contribution in [0.3, 0.4) is 0 Å². The molecule has 128 valence electrons. The van der Waals surface area contributed by atoms with Gasteiger partial charge in [0.2, 0.25) is 0 Å². The Morgan fingerprint density at radius 1 is 1.25 bits per heavy atom. The van der Waals surface area contributed by atoms with Crippen LogP contribution in [0, 0.1) is 6.92 Å². The molecule has 24 heavy (non-hydrogen) atoms. The summed E-state index contributed by atoms with van der Waals surface area (Å²) in [5.74, 6) is 0. The number of carbonyl (C=O) groups is 1. The Hall–Kier alpha value is -2.10. The number of hydrogen-bond donors (Lipinski definition) is 0. The van der Waals surface area contributed by atoms with Gasteiger partial charge in [0, 0.05) is 23.7 Å². The molecular weight excluding hydrogens is 300 g/mol. The van der Waals surface area contributed by atoms with E-state index < -0.39 is 5.60 Å². The average molecular weight is 326 g/mol. The summed E-state index contributed by atoms with van der Waals surface area (Å²) in [6.07, 6.45) is 4.71. The minimum Gasteiger partial charge on any atom is -0.444 e. The van der Waals surface area contributed by atoms with Crippen molar-refractivity contribution in [2.75, 3.05) is 6.54 Å². The van der Waals surface area contributed by atoms with E-state index in [0.717, 1.165) is 42.3 Å². The van der Waals surface area contributed by atoms with Gasteiger partial charge in [0.15, 0.2) is 0 Å². The smallest absolute Gasteiger partial charge is 0.410 e. The first kappa shape index (κ1) is 16.7. The molecule has 1 aliphatic rings. The molecule has 1 atom stereocenters.